The van der Waals surface area contributed by atoms with Gasteiger partial charge in [-0.15, -0.1) is 0 Å². The molecule has 0 unspecified atom stereocenters. The van der Waals surface area contributed by atoms with Crippen LogP contribution in [0.5, 0.6) is 0 Å². The van der Waals surface area contributed by atoms with Crippen LogP contribution in [-0.4, -0.2) is 4.98 Å². The standard InChI is InChI=1S/C31H20BrN/c32-29-15-13-23(14-16-29)28-19-30(26-11-9-21-5-1-3-7-24(21)17-26)33-31(20-28)27-12-10-22-6-2-4-8-25(22)18-27/h1-20H. The molecule has 2 heteroatoms. The molecule has 0 spiro atoms. The van der Waals surface area contributed by atoms with E-state index in [9.17, 15) is 0 Å². The van der Waals surface area contributed by atoms with E-state index < -0.39 is 0 Å². The minimum absolute atomic E-state index is 0.976. The van der Waals surface area contributed by atoms with E-state index >= 15 is 0 Å². The van der Waals surface area contributed by atoms with Crippen LogP contribution in [-0.2, 0) is 0 Å². The number of benzene rings is 5. The van der Waals surface area contributed by atoms with Crippen molar-refractivity contribution in [1.82, 2.24) is 4.98 Å². The van der Waals surface area contributed by atoms with Gasteiger partial charge in [-0.3, -0.25) is 0 Å². The average molecular weight is 486 g/mol. The number of hydrogen-bond acceptors (Lipinski definition) is 1. The van der Waals surface area contributed by atoms with Crippen molar-refractivity contribution < 1.29 is 0 Å². The van der Waals surface area contributed by atoms with Gasteiger partial charge in [-0.25, -0.2) is 4.98 Å². The largest absolute Gasteiger partial charge is 0.248 e. The fourth-order valence-corrected chi connectivity index (χ4v) is 4.60. The van der Waals surface area contributed by atoms with Crippen LogP contribution in [0.3, 0.4) is 0 Å². The van der Waals surface area contributed by atoms with Crippen molar-refractivity contribution in [3.05, 3.63) is 126 Å². The van der Waals surface area contributed by atoms with Gasteiger partial charge in [0.05, 0.1) is 11.4 Å². The molecule has 0 aliphatic carbocycles. The SMILES string of the molecule is Brc1ccc(-c2cc(-c3ccc4ccccc4c3)nc(-c3ccc4ccccc4c3)c2)cc1. The molecule has 6 aromatic rings. The Labute approximate surface area is 201 Å². The maximum Gasteiger partial charge on any atom is 0.0715 e. The van der Waals surface area contributed by atoms with Crippen LogP contribution in [0.4, 0.5) is 0 Å². The van der Waals surface area contributed by atoms with E-state index in [0.29, 0.717) is 0 Å². The van der Waals surface area contributed by atoms with E-state index in [0.717, 1.165) is 32.6 Å². The Morgan fingerprint density at radius 1 is 0.394 bits per heavy atom. The van der Waals surface area contributed by atoms with E-state index in [2.05, 4.69) is 137 Å². The third-order valence-corrected chi connectivity index (χ3v) is 6.62. The van der Waals surface area contributed by atoms with Gasteiger partial charge in [0.1, 0.15) is 0 Å². The minimum atomic E-state index is 0.976. The Bertz CT molecular complexity index is 1520. The van der Waals surface area contributed by atoms with Gasteiger partial charge in [-0.05, 0) is 69.1 Å². The molecule has 0 aliphatic rings. The molecule has 33 heavy (non-hydrogen) atoms. The van der Waals surface area contributed by atoms with Crippen LogP contribution in [0, 0.1) is 0 Å². The zero-order chi connectivity index (χ0) is 22.2. The smallest absolute Gasteiger partial charge is 0.0715 e. The molecule has 6 rings (SSSR count). The molecule has 0 fully saturated rings. The second kappa shape index (κ2) is 8.31. The zero-order valence-corrected chi connectivity index (χ0v) is 19.5. The Kier molecular flexibility index (Phi) is 5.01. The van der Waals surface area contributed by atoms with Crippen molar-refractivity contribution in [2.45, 2.75) is 0 Å². The van der Waals surface area contributed by atoms with Crippen molar-refractivity contribution >= 4 is 37.5 Å². The summed E-state index contributed by atoms with van der Waals surface area (Å²) in [5, 5.41) is 4.91. The summed E-state index contributed by atoms with van der Waals surface area (Å²) in [6.45, 7) is 0. The normalized spacial score (nSPS) is 11.2. The van der Waals surface area contributed by atoms with Crippen molar-refractivity contribution in [3.63, 3.8) is 0 Å². The number of halogens is 1. The molecule has 0 aliphatic heterocycles. The molecule has 0 atom stereocenters. The zero-order valence-electron chi connectivity index (χ0n) is 17.9. The minimum Gasteiger partial charge on any atom is -0.248 e. The highest BCUT2D eigenvalue weighted by Crippen LogP contribution is 2.33. The molecule has 0 radical (unpaired) electrons. The Morgan fingerprint density at radius 3 is 1.36 bits per heavy atom. The maximum absolute atomic E-state index is 5.12. The molecular formula is C31H20BrN. The molecule has 1 nitrogen and oxygen atoms in total. The summed E-state index contributed by atoms with van der Waals surface area (Å²) in [4.78, 5) is 5.12. The summed E-state index contributed by atoms with van der Waals surface area (Å²) < 4.78 is 1.07. The average Bonchev–Trinajstić information content (AvgIpc) is 2.88. The van der Waals surface area contributed by atoms with Gasteiger partial charge in [-0.1, -0.05) is 101 Å². The maximum atomic E-state index is 5.12. The summed E-state index contributed by atoms with van der Waals surface area (Å²) in [5.41, 5.74) is 6.52. The molecule has 5 aromatic carbocycles. The lowest BCUT2D eigenvalue weighted by Crippen LogP contribution is -1.91. The third kappa shape index (κ3) is 3.94. The molecule has 1 heterocycles. The van der Waals surface area contributed by atoms with Crippen molar-refractivity contribution in [2.24, 2.45) is 0 Å². The predicted octanol–water partition coefficient (Wildman–Crippen LogP) is 9.15. The van der Waals surface area contributed by atoms with Gasteiger partial charge >= 0.3 is 0 Å². The first-order chi connectivity index (χ1) is 16.2. The van der Waals surface area contributed by atoms with Gasteiger partial charge in [0.25, 0.3) is 0 Å². The third-order valence-electron chi connectivity index (χ3n) is 6.09. The number of nitrogens with zero attached hydrogens (tertiary/aromatic N) is 1. The lowest BCUT2D eigenvalue weighted by molar-refractivity contribution is 1.33. The summed E-state index contributed by atoms with van der Waals surface area (Å²) in [7, 11) is 0. The van der Waals surface area contributed by atoms with Crippen molar-refractivity contribution in [1.29, 1.82) is 0 Å². The van der Waals surface area contributed by atoms with Crippen LogP contribution in [0.15, 0.2) is 126 Å². The van der Waals surface area contributed by atoms with E-state index in [1.807, 2.05) is 0 Å². The molecule has 0 saturated carbocycles. The fourth-order valence-electron chi connectivity index (χ4n) is 4.33. The first kappa shape index (κ1) is 19.9. The van der Waals surface area contributed by atoms with E-state index in [1.165, 1.54) is 27.1 Å². The monoisotopic (exact) mass is 485 g/mol. The summed E-state index contributed by atoms with van der Waals surface area (Å²) in [6.07, 6.45) is 0. The highest BCUT2D eigenvalue weighted by atomic mass is 79.9. The predicted molar refractivity (Wildman–Crippen MR) is 143 cm³/mol. The highest BCUT2D eigenvalue weighted by molar-refractivity contribution is 9.10. The van der Waals surface area contributed by atoms with Crippen LogP contribution in [0.1, 0.15) is 0 Å². The summed E-state index contributed by atoms with van der Waals surface area (Å²) >= 11 is 3.55. The summed E-state index contributed by atoms with van der Waals surface area (Å²) in [6, 6.07) is 42.9. The number of aromatic nitrogens is 1. The lowest BCUT2D eigenvalue weighted by Gasteiger charge is -2.12. The second-order valence-corrected chi connectivity index (χ2v) is 9.17. The molecule has 0 bridgehead atoms. The topological polar surface area (TPSA) is 12.9 Å². The number of hydrogen-bond donors (Lipinski definition) is 0. The second-order valence-electron chi connectivity index (χ2n) is 8.26. The number of rotatable bonds is 3. The first-order valence-electron chi connectivity index (χ1n) is 11.0. The van der Waals surface area contributed by atoms with Crippen LogP contribution in [0.2, 0.25) is 0 Å². The lowest BCUT2D eigenvalue weighted by atomic mass is 9.98. The Morgan fingerprint density at radius 2 is 0.848 bits per heavy atom. The van der Waals surface area contributed by atoms with E-state index in [1.54, 1.807) is 0 Å². The Hall–Kier alpha value is -3.75. The fraction of sp³-hybridized carbons (Fsp3) is 0. The number of pyridine rings is 1. The molecular weight excluding hydrogens is 466 g/mol. The first-order valence-corrected chi connectivity index (χ1v) is 11.8. The van der Waals surface area contributed by atoms with Crippen molar-refractivity contribution in [2.75, 3.05) is 0 Å². The molecule has 156 valence electrons. The van der Waals surface area contributed by atoms with Crippen molar-refractivity contribution in [3.8, 4) is 33.6 Å². The van der Waals surface area contributed by atoms with Gasteiger partial charge in [0.15, 0.2) is 0 Å². The van der Waals surface area contributed by atoms with Crippen LogP contribution in [0.25, 0.3) is 55.2 Å². The van der Waals surface area contributed by atoms with Gasteiger partial charge in [-0.2, -0.15) is 0 Å². The van der Waals surface area contributed by atoms with Gasteiger partial charge in [0.2, 0.25) is 0 Å². The molecule has 0 N–H and O–H groups in total. The Balaban J connectivity index is 1.56. The van der Waals surface area contributed by atoms with Crippen LogP contribution >= 0.6 is 15.9 Å². The molecule has 1 aromatic heterocycles. The molecule has 0 amide bonds. The van der Waals surface area contributed by atoms with Crippen LogP contribution < -0.4 is 0 Å². The van der Waals surface area contributed by atoms with E-state index in [4.69, 9.17) is 4.98 Å². The quantitative estimate of drug-likeness (QED) is 0.243. The van der Waals surface area contributed by atoms with Gasteiger partial charge < -0.3 is 0 Å². The van der Waals surface area contributed by atoms with E-state index in [-0.39, 0.29) is 0 Å². The summed E-state index contributed by atoms with van der Waals surface area (Å²) in [5.74, 6) is 0. The highest BCUT2D eigenvalue weighted by Gasteiger charge is 2.10. The number of fused-ring (bicyclic) bond motifs is 2. The molecule has 0 saturated heterocycles. The van der Waals surface area contributed by atoms with Gasteiger partial charge in [0, 0.05) is 15.6 Å².